The van der Waals surface area contributed by atoms with Gasteiger partial charge in [0, 0.05) is 13.0 Å². The molecule has 102 valence electrons. The Kier molecular flexibility index (Phi) is 4.22. The summed E-state index contributed by atoms with van der Waals surface area (Å²) in [5.41, 5.74) is 0.873. The molecule has 1 unspecified atom stereocenters. The van der Waals surface area contributed by atoms with Crippen molar-refractivity contribution in [2.24, 2.45) is 0 Å². The number of amides is 1. The lowest BCUT2D eigenvalue weighted by Crippen LogP contribution is -2.45. The van der Waals surface area contributed by atoms with E-state index < -0.39 is 12.1 Å². The van der Waals surface area contributed by atoms with Gasteiger partial charge in [0.05, 0.1) is 12.2 Å². The number of fused-ring (bicyclic) bond motifs is 1. The first-order valence-electron chi connectivity index (χ1n) is 6.16. The lowest BCUT2D eigenvalue weighted by atomic mass is 10.2. The van der Waals surface area contributed by atoms with Gasteiger partial charge >= 0.3 is 5.97 Å². The average Bonchev–Trinajstić information content (AvgIpc) is 2.42. The van der Waals surface area contributed by atoms with Crippen LogP contribution in [0.4, 0.5) is 5.69 Å². The second-order valence-corrected chi connectivity index (χ2v) is 4.27. The lowest BCUT2D eigenvalue weighted by Gasteiger charge is -2.26. The Hall–Kier alpha value is -2.24. The molecule has 3 N–H and O–H groups in total. The molecule has 0 spiro atoms. The van der Waals surface area contributed by atoms with Crippen molar-refractivity contribution in [1.29, 1.82) is 0 Å². The summed E-state index contributed by atoms with van der Waals surface area (Å²) in [6.07, 6.45) is -0.121. The summed E-state index contributed by atoms with van der Waals surface area (Å²) in [4.78, 5) is 22.2. The number of hydrogen-bond acceptors (Lipinski definition) is 4. The topological polar surface area (TPSA) is 87.7 Å². The normalized spacial score (nSPS) is 16.7. The van der Waals surface area contributed by atoms with Crippen molar-refractivity contribution in [1.82, 2.24) is 5.32 Å². The van der Waals surface area contributed by atoms with Crippen molar-refractivity contribution in [3.63, 3.8) is 0 Å². The predicted octanol–water partition coefficient (Wildman–Crippen LogP) is 0.840. The molecule has 0 aliphatic carbocycles. The smallest absolute Gasteiger partial charge is 0.303 e. The van der Waals surface area contributed by atoms with Crippen molar-refractivity contribution in [2.75, 3.05) is 18.4 Å². The number of benzene rings is 1. The molecule has 1 aliphatic rings. The molecule has 1 aromatic rings. The van der Waals surface area contributed by atoms with Crippen molar-refractivity contribution in [2.45, 2.75) is 18.9 Å². The first kappa shape index (κ1) is 13.2. The third kappa shape index (κ3) is 3.61. The predicted molar refractivity (Wildman–Crippen MR) is 69.2 cm³/mol. The number of ether oxygens (including phenoxy) is 1. The zero-order valence-corrected chi connectivity index (χ0v) is 10.4. The van der Waals surface area contributed by atoms with E-state index >= 15 is 0 Å². The van der Waals surface area contributed by atoms with Crippen LogP contribution in [0.1, 0.15) is 12.8 Å². The fourth-order valence-electron chi connectivity index (χ4n) is 1.82. The van der Waals surface area contributed by atoms with Crippen LogP contribution in [0.15, 0.2) is 24.3 Å². The number of anilines is 1. The van der Waals surface area contributed by atoms with Crippen molar-refractivity contribution in [3.05, 3.63) is 24.3 Å². The van der Waals surface area contributed by atoms with E-state index in [1.807, 2.05) is 18.2 Å². The van der Waals surface area contributed by atoms with Gasteiger partial charge in [0.2, 0.25) is 0 Å². The Balaban J connectivity index is 1.80. The van der Waals surface area contributed by atoms with Gasteiger partial charge < -0.3 is 20.5 Å². The molecule has 1 aliphatic heterocycles. The SMILES string of the molecule is O=C(O)CCCNC(=O)C1CNc2ccccc2O1. The van der Waals surface area contributed by atoms with Crippen LogP contribution in [-0.4, -0.2) is 36.2 Å². The highest BCUT2D eigenvalue weighted by Gasteiger charge is 2.25. The van der Waals surface area contributed by atoms with Gasteiger partial charge in [0.15, 0.2) is 6.10 Å². The van der Waals surface area contributed by atoms with Crippen molar-refractivity contribution in [3.8, 4) is 5.75 Å². The second-order valence-electron chi connectivity index (χ2n) is 4.27. The summed E-state index contributed by atoms with van der Waals surface area (Å²) in [6.45, 7) is 0.744. The number of aliphatic carboxylic acids is 1. The molecule has 1 atom stereocenters. The molecule has 1 heterocycles. The zero-order valence-electron chi connectivity index (χ0n) is 10.4. The molecular weight excluding hydrogens is 248 g/mol. The molecule has 6 heteroatoms. The van der Waals surface area contributed by atoms with Crippen LogP contribution < -0.4 is 15.4 Å². The molecule has 0 aromatic heterocycles. The first-order valence-corrected chi connectivity index (χ1v) is 6.16. The van der Waals surface area contributed by atoms with Gasteiger partial charge in [-0.2, -0.15) is 0 Å². The van der Waals surface area contributed by atoms with E-state index in [-0.39, 0.29) is 12.3 Å². The van der Waals surface area contributed by atoms with E-state index in [9.17, 15) is 9.59 Å². The van der Waals surface area contributed by atoms with Crippen molar-refractivity contribution >= 4 is 17.6 Å². The number of carbonyl (C=O) groups is 2. The molecule has 6 nitrogen and oxygen atoms in total. The van der Waals surface area contributed by atoms with Gasteiger partial charge in [-0.05, 0) is 18.6 Å². The third-order valence-electron chi connectivity index (χ3n) is 2.79. The van der Waals surface area contributed by atoms with Gasteiger partial charge in [0.1, 0.15) is 5.75 Å². The molecule has 1 aromatic carbocycles. The lowest BCUT2D eigenvalue weighted by molar-refractivity contribution is -0.137. The minimum atomic E-state index is -0.862. The summed E-state index contributed by atoms with van der Waals surface area (Å²) < 4.78 is 5.58. The van der Waals surface area contributed by atoms with Crippen LogP contribution in [0.3, 0.4) is 0 Å². The summed E-state index contributed by atoms with van der Waals surface area (Å²) in [5.74, 6) is -0.439. The number of carboxylic acids is 1. The standard InChI is InChI=1S/C13H16N2O4/c16-12(17)6-3-7-14-13(18)11-8-15-9-4-1-2-5-10(9)19-11/h1-2,4-5,11,15H,3,6-8H2,(H,14,18)(H,16,17). The Morgan fingerprint density at radius 1 is 1.42 bits per heavy atom. The van der Waals surface area contributed by atoms with E-state index in [4.69, 9.17) is 9.84 Å². The van der Waals surface area contributed by atoms with Crippen LogP contribution in [0.5, 0.6) is 5.75 Å². The monoisotopic (exact) mass is 264 g/mol. The van der Waals surface area contributed by atoms with E-state index in [0.29, 0.717) is 25.3 Å². The highest BCUT2D eigenvalue weighted by molar-refractivity contribution is 5.83. The van der Waals surface area contributed by atoms with E-state index in [2.05, 4.69) is 10.6 Å². The number of nitrogens with one attached hydrogen (secondary N) is 2. The second kappa shape index (κ2) is 6.08. The molecule has 2 rings (SSSR count). The fraction of sp³-hybridized carbons (Fsp3) is 0.385. The molecule has 0 fully saturated rings. The van der Waals surface area contributed by atoms with Gasteiger partial charge in [0.25, 0.3) is 5.91 Å². The van der Waals surface area contributed by atoms with Crippen LogP contribution in [0.25, 0.3) is 0 Å². The highest BCUT2D eigenvalue weighted by Crippen LogP contribution is 2.28. The maximum Gasteiger partial charge on any atom is 0.303 e. The summed E-state index contributed by atoms with van der Waals surface area (Å²) >= 11 is 0. The largest absolute Gasteiger partial charge is 0.481 e. The van der Waals surface area contributed by atoms with Gasteiger partial charge in [-0.3, -0.25) is 9.59 Å². The van der Waals surface area contributed by atoms with Gasteiger partial charge in [-0.15, -0.1) is 0 Å². The van der Waals surface area contributed by atoms with E-state index in [0.717, 1.165) is 5.69 Å². The average molecular weight is 264 g/mol. The van der Waals surface area contributed by atoms with Gasteiger partial charge in [-0.1, -0.05) is 12.1 Å². The van der Waals surface area contributed by atoms with Crippen LogP contribution in [0, 0.1) is 0 Å². The molecule has 1 amide bonds. The zero-order chi connectivity index (χ0) is 13.7. The molecular formula is C13H16N2O4. The Bertz CT molecular complexity index is 475. The highest BCUT2D eigenvalue weighted by atomic mass is 16.5. The molecule has 0 radical (unpaired) electrons. The summed E-state index contributed by atoms with van der Waals surface area (Å²) in [6, 6.07) is 7.41. The Morgan fingerprint density at radius 2 is 2.21 bits per heavy atom. The maximum absolute atomic E-state index is 11.8. The molecule has 0 bridgehead atoms. The molecule has 0 saturated heterocycles. The number of rotatable bonds is 5. The minimum absolute atomic E-state index is 0.0485. The quantitative estimate of drug-likeness (QED) is 0.686. The summed E-state index contributed by atoms with van der Waals surface area (Å²) in [7, 11) is 0. The van der Waals surface area contributed by atoms with E-state index in [1.165, 1.54) is 0 Å². The van der Waals surface area contributed by atoms with Crippen molar-refractivity contribution < 1.29 is 19.4 Å². The Morgan fingerprint density at radius 3 is 3.00 bits per heavy atom. The van der Waals surface area contributed by atoms with Crippen LogP contribution in [-0.2, 0) is 9.59 Å². The first-order chi connectivity index (χ1) is 9.16. The van der Waals surface area contributed by atoms with E-state index in [1.54, 1.807) is 6.07 Å². The minimum Gasteiger partial charge on any atom is -0.481 e. The number of para-hydroxylation sites is 2. The van der Waals surface area contributed by atoms with Gasteiger partial charge in [-0.25, -0.2) is 0 Å². The van der Waals surface area contributed by atoms with Crippen LogP contribution in [0.2, 0.25) is 0 Å². The summed E-state index contributed by atoms with van der Waals surface area (Å²) in [5, 5.41) is 14.3. The fourth-order valence-corrected chi connectivity index (χ4v) is 1.82. The number of carboxylic acid groups (broad SMARTS) is 1. The third-order valence-corrected chi connectivity index (χ3v) is 2.79. The Labute approximate surface area is 110 Å². The molecule has 19 heavy (non-hydrogen) atoms. The molecule has 0 saturated carbocycles. The number of hydrogen-bond donors (Lipinski definition) is 3. The maximum atomic E-state index is 11.8. The van der Waals surface area contributed by atoms with Crippen LogP contribution >= 0.6 is 0 Å². The number of carbonyl (C=O) groups excluding carboxylic acids is 1.